The molecule has 3 aliphatic rings. The molecule has 40 heavy (non-hydrogen) atoms. The molecule has 220 valence electrons. The molecule has 0 bridgehead atoms. The molecule has 3 heterocycles. The van der Waals surface area contributed by atoms with Gasteiger partial charge in [-0.25, -0.2) is 0 Å². The molecule has 1 aromatic carbocycles. The van der Waals surface area contributed by atoms with Gasteiger partial charge in [0.05, 0.1) is 12.6 Å². The average molecular weight is 555 g/mol. The van der Waals surface area contributed by atoms with E-state index in [2.05, 4.69) is 24.1 Å². The van der Waals surface area contributed by atoms with Crippen LogP contribution in [0.15, 0.2) is 24.3 Å². The van der Waals surface area contributed by atoms with E-state index in [1.807, 2.05) is 26.0 Å². The highest BCUT2D eigenvalue weighted by atomic mass is 16.5. The minimum atomic E-state index is -0.750. The van der Waals surface area contributed by atoms with E-state index in [9.17, 15) is 19.2 Å². The van der Waals surface area contributed by atoms with Crippen molar-refractivity contribution in [3.05, 3.63) is 29.8 Å². The molecule has 4 atom stereocenters. The minimum Gasteiger partial charge on any atom is -0.372 e. The zero-order valence-corrected chi connectivity index (χ0v) is 24.7. The van der Waals surface area contributed by atoms with E-state index >= 15 is 0 Å². The lowest BCUT2D eigenvalue weighted by Crippen LogP contribution is -2.53. The van der Waals surface area contributed by atoms with Crippen molar-refractivity contribution in [2.75, 3.05) is 38.2 Å². The summed E-state index contributed by atoms with van der Waals surface area (Å²) in [7, 11) is 1.53. The zero-order valence-electron chi connectivity index (χ0n) is 24.7. The monoisotopic (exact) mass is 554 g/mol. The van der Waals surface area contributed by atoms with Crippen LogP contribution in [0.1, 0.15) is 76.6 Å². The molecule has 3 saturated heterocycles. The number of hydrogen-bond acceptors (Lipinski definition) is 6. The molecular weight excluding hydrogens is 508 g/mol. The number of carbonyl (C=O) groups is 4. The van der Waals surface area contributed by atoms with Crippen molar-refractivity contribution < 1.29 is 23.9 Å². The summed E-state index contributed by atoms with van der Waals surface area (Å²) in [6, 6.07) is 5.76. The number of methoxy groups -OCH3 is 1. The maximum Gasteiger partial charge on any atom is 0.252 e. The van der Waals surface area contributed by atoms with Gasteiger partial charge in [0.2, 0.25) is 5.91 Å². The van der Waals surface area contributed by atoms with E-state index in [4.69, 9.17) is 4.74 Å². The molecule has 3 amide bonds. The lowest BCUT2D eigenvalue weighted by molar-refractivity contribution is -0.144. The Kier molecular flexibility index (Phi) is 9.87. The van der Waals surface area contributed by atoms with E-state index in [-0.39, 0.29) is 42.0 Å². The Balaban J connectivity index is 1.44. The molecule has 1 aromatic rings. The molecule has 0 radical (unpaired) electrons. The molecule has 4 rings (SSSR count). The van der Waals surface area contributed by atoms with E-state index in [1.54, 1.807) is 21.9 Å². The molecule has 3 aliphatic heterocycles. The van der Waals surface area contributed by atoms with Gasteiger partial charge in [-0.05, 0) is 74.6 Å². The lowest BCUT2D eigenvalue weighted by Gasteiger charge is -2.29. The number of amides is 3. The Morgan fingerprint density at radius 3 is 2.20 bits per heavy atom. The van der Waals surface area contributed by atoms with Crippen LogP contribution in [0.25, 0.3) is 0 Å². The van der Waals surface area contributed by atoms with Crippen LogP contribution in [0.3, 0.4) is 0 Å². The highest BCUT2D eigenvalue weighted by molar-refractivity contribution is 6.01. The van der Waals surface area contributed by atoms with Crippen LogP contribution in [-0.2, 0) is 19.1 Å². The van der Waals surface area contributed by atoms with Crippen LogP contribution in [0.5, 0.6) is 0 Å². The van der Waals surface area contributed by atoms with Gasteiger partial charge in [0.15, 0.2) is 5.78 Å². The number of ketones is 1. The Morgan fingerprint density at radius 2 is 1.60 bits per heavy atom. The van der Waals surface area contributed by atoms with Gasteiger partial charge in [-0.3, -0.25) is 19.2 Å². The summed E-state index contributed by atoms with van der Waals surface area (Å²) >= 11 is 0. The quantitative estimate of drug-likeness (QED) is 0.451. The standard InChI is InChI=1S/C31H46N4O5/c1-20(2)8-13-27(40-5)31(39)35-19-26(36)28-25(35)14-17-34(28)30(38)24(18-21(3)4)32-29(37)22-9-11-23(12-10-22)33-15-6-7-16-33/h9-12,20-21,24-25,27-28H,6-8,13-19H2,1-5H3,(H,32,37). The molecule has 3 fully saturated rings. The summed E-state index contributed by atoms with van der Waals surface area (Å²) in [5.74, 6) is -0.267. The topological polar surface area (TPSA) is 99.3 Å². The third kappa shape index (κ3) is 6.67. The van der Waals surface area contributed by atoms with Gasteiger partial charge in [-0.1, -0.05) is 27.7 Å². The van der Waals surface area contributed by atoms with Gasteiger partial charge in [0.25, 0.3) is 11.8 Å². The second kappa shape index (κ2) is 13.1. The Labute approximate surface area is 238 Å². The van der Waals surface area contributed by atoms with Gasteiger partial charge >= 0.3 is 0 Å². The lowest BCUT2D eigenvalue weighted by atomic mass is 10.0. The summed E-state index contributed by atoms with van der Waals surface area (Å²) in [5, 5.41) is 2.96. The van der Waals surface area contributed by atoms with Gasteiger partial charge in [-0.2, -0.15) is 0 Å². The second-order valence-electron chi connectivity index (χ2n) is 12.4. The molecule has 1 N–H and O–H groups in total. The van der Waals surface area contributed by atoms with Crippen LogP contribution >= 0.6 is 0 Å². The number of ether oxygens (including phenoxy) is 1. The maximum absolute atomic E-state index is 13.8. The van der Waals surface area contributed by atoms with E-state index < -0.39 is 18.2 Å². The van der Waals surface area contributed by atoms with Crippen LogP contribution in [0.2, 0.25) is 0 Å². The highest BCUT2D eigenvalue weighted by Crippen LogP contribution is 2.32. The predicted octanol–water partition coefficient (Wildman–Crippen LogP) is 3.26. The molecule has 0 aromatic heterocycles. The van der Waals surface area contributed by atoms with Crippen LogP contribution in [-0.4, -0.2) is 90.8 Å². The van der Waals surface area contributed by atoms with Crippen molar-refractivity contribution in [3.63, 3.8) is 0 Å². The Bertz CT molecular complexity index is 1070. The summed E-state index contributed by atoms with van der Waals surface area (Å²) in [4.78, 5) is 59.1. The number of fused-ring (bicyclic) bond motifs is 1. The molecular formula is C31H46N4O5. The van der Waals surface area contributed by atoms with Gasteiger partial charge in [0.1, 0.15) is 18.2 Å². The number of hydrogen-bond donors (Lipinski definition) is 1. The first-order chi connectivity index (χ1) is 19.1. The highest BCUT2D eigenvalue weighted by Gasteiger charge is 2.53. The first-order valence-corrected chi connectivity index (χ1v) is 14.9. The van der Waals surface area contributed by atoms with Crippen molar-refractivity contribution in [2.45, 2.75) is 90.4 Å². The minimum absolute atomic E-state index is 0.00986. The second-order valence-corrected chi connectivity index (χ2v) is 12.4. The SMILES string of the molecule is COC(CCC(C)C)C(=O)N1CC(=O)C2C1CCN2C(=O)C(CC(C)C)NC(=O)c1ccc(N2CCCC2)cc1. The summed E-state index contributed by atoms with van der Waals surface area (Å²) in [6.07, 6.45) is 4.21. The average Bonchev–Trinajstić information content (AvgIpc) is 3.67. The molecule has 0 spiro atoms. The normalized spacial score (nSPS) is 22.3. The molecule has 0 aliphatic carbocycles. The fourth-order valence-electron chi connectivity index (χ4n) is 6.30. The van der Waals surface area contributed by atoms with Crippen molar-refractivity contribution >= 4 is 29.2 Å². The summed E-state index contributed by atoms with van der Waals surface area (Å²) in [5.41, 5.74) is 1.61. The van der Waals surface area contributed by atoms with Crippen LogP contribution in [0, 0.1) is 11.8 Å². The van der Waals surface area contributed by atoms with Crippen LogP contribution in [0.4, 0.5) is 5.69 Å². The number of benzene rings is 1. The first-order valence-electron chi connectivity index (χ1n) is 14.9. The largest absolute Gasteiger partial charge is 0.372 e. The van der Waals surface area contributed by atoms with Crippen molar-refractivity contribution in [3.8, 4) is 0 Å². The van der Waals surface area contributed by atoms with Gasteiger partial charge in [-0.15, -0.1) is 0 Å². The van der Waals surface area contributed by atoms with Crippen molar-refractivity contribution in [2.24, 2.45) is 11.8 Å². The number of nitrogens with zero attached hydrogens (tertiary/aromatic N) is 3. The summed E-state index contributed by atoms with van der Waals surface area (Å²) < 4.78 is 5.50. The zero-order chi connectivity index (χ0) is 29.0. The van der Waals surface area contributed by atoms with Crippen molar-refractivity contribution in [1.82, 2.24) is 15.1 Å². The third-order valence-electron chi connectivity index (χ3n) is 8.47. The molecule has 0 saturated carbocycles. The maximum atomic E-state index is 13.8. The smallest absolute Gasteiger partial charge is 0.252 e. The molecule has 9 heteroatoms. The fourth-order valence-corrected chi connectivity index (χ4v) is 6.30. The van der Waals surface area contributed by atoms with Crippen molar-refractivity contribution in [1.29, 1.82) is 0 Å². The first kappa shape index (κ1) is 30.0. The number of nitrogens with one attached hydrogen (secondary N) is 1. The molecule has 9 nitrogen and oxygen atoms in total. The fraction of sp³-hybridized carbons (Fsp3) is 0.677. The Morgan fingerprint density at radius 1 is 0.925 bits per heavy atom. The Hall–Kier alpha value is -2.94. The van der Waals surface area contributed by atoms with Gasteiger partial charge in [0, 0.05) is 38.0 Å². The molecule has 4 unspecified atom stereocenters. The number of Topliss-reactive ketones (excluding diaryl/α,β-unsaturated/α-hetero) is 1. The number of anilines is 1. The number of rotatable bonds is 11. The predicted molar refractivity (Wildman–Crippen MR) is 154 cm³/mol. The van der Waals surface area contributed by atoms with E-state index in [1.165, 1.54) is 20.0 Å². The number of carbonyl (C=O) groups excluding carboxylic acids is 4. The van der Waals surface area contributed by atoms with Gasteiger partial charge < -0.3 is 24.8 Å². The van der Waals surface area contributed by atoms with E-state index in [0.717, 1.165) is 25.2 Å². The van der Waals surface area contributed by atoms with Crippen LogP contribution < -0.4 is 10.2 Å². The summed E-state index contributed by atoms with van der Waals surface area (Å²) in [6.45, 7) is 10.6. The third-order valence-corrected chi connectivity index (χ3v) is 8.47. The number of likely N-dealkylation sites (tertiary alicyclic amines) is 2. The van der Waals surface area contributed by atoms with E-state index in [0.29, 0.717) is 37.3 Å².